The summed E-state index contributed by atoms with van der Waals surface area (Å²) in [5, 5.41) is 8.78. The van der Waals surface area contributed by atoms with Crippen molar-refractivity contribution in [2.75, 3.05) is 7.11 Å². The molecule has 4 nitrogen and oxygen atoms in total. The molecule has 0 fully saturated rings. The van der Waals surface area contributed by atoms with Crippen molar-refractivity contribution in [1.82, 2.24) is 9.97 Å². The van der Waals surface area contributed by atoms with Crippen molar-refractivity contribution in [2.45, 2.75) is 6.92 Å². The van der Waals surface area contributed by atoms with Crippen LogP contribution in [0, 0.1) is 29.9 Å². The first kappa shape index (κ1) is 12.9. The molecule has 0 aliphatic heterocycles. The zero-order chi connectivity index (χ0) is 14.0. The molecule has 2 aromatic rings. The van der Waals surface area contributed by atoms with E-state index in [1.165, 1.54) is 13.2 Å². The van der Waals surface area contributed by atoms with Crippen LogP contribution in [0.1, 0.15) is 11.5 Å². The number of hydrogen-bond acceptors (Lipinski definition) is 4. The van der Waals surface area contributed by atoms with Crippen LogP contribution in [-0.2, 0) is 0 Å². The fourth-order valence-electron chi connectivity index (χ4n) is 1.64. The number of aromatic nitrogens is 2. The highest BCUT2D eigenvalue weighted by Gasteiger charge is 2.14. The lowest BCUT2D eigenvalue weighted by Gasteiger charge is -2.07. The van der Waals surface area contributed by atoms with Crippen molar-refractivity contribution in [3.63, 3.8) is 0 Å². The van der Waals surface area contributed by atoms with Gasteiger partial charge in [-0.05, 0) is 19.1 Å². The summed E-state index contributed by atoms with van der Waals surface area (Å²) in [5.41, 5.74) is 0.612. The number of aryl methyl sites for hydroxylation is 1. The van der Waals surface area contributed by atoms with Gasteiger partial charge in [0, 0.05) is 17.3 Å². The summed E-state index contributed by atoms with van der Waals surface area (Å²) < 4.78 is 32.2. The second-order valence-corrected chi connectivity index (χ2v) is 3.80. The van der Waals surface area contributed by atoms with E-state index in [2.05, 4.69) is 14.7 Å². The minimum absolute atomic E-state index is 0.0414. The summed E-state index contributed by atoms with van der Waals surface area (Å²) in [6, 6.07) is 5.17. The maximum atomic E-state index is 13.9. The van der Waals surface area contributed by atoms with E-state index in [1.807, 2.05) is 0 Å². The monoisotopic (exact) mass is 261 g/mol. The van der Waals surface area contributed by atoms with Crippen molar-refractivity contribution in [3.8, 4) is 23.1 Å². The molecule has 0 saturated heterocycles. The van der Waals surface area contributed by atoms with Crippen LogP contribution in [0.2, 0.25) is 0 Å². The molecule has 0 unspecified atom stereocenters. The number of ether oxygens (including phenoxy) is 1. The standard InChI is InChI=1S/C13H9F2N3O/c1-7-3-11(18-13(6-16)17-7)8-4-10(15)12(19-2)5-9(8)14/h3-5H,1-2H3. The maximum absolute atomic E-state index is 13.9. The molecule has 0 aliphatic rings. The van der Waals surface area contributed by atoms with Gasteiger partial charge in [0.05, 0.1) is 12.8 Å². The Morgan fingerprint density at radius 3 is 2.53 bits per heavy atom. The van der Waals surface area contributed by atoms with Gasteiger partial charge in [0.1, 0.15) is 11.9 Å². The minimum Gasteiger partial charge on any atom is -0.494 e. The van der Waals surface area contributed by atoms with Crippen LogP contribution in [0.15, 0.2) is 18.2 Å². The largest absolute Gasteiger partial charge is 0.494 e. The predicted octanol–water partition coefficient (Wildman–Crippen LogP) is 2.61. The number of nitrogens with zero attached hydrogens (tertiary/aromatic N) is 3. The highest BCUT2D eigenvalue weighted by Crippen LogP contribution is 2.28. The average molecular weight is 261 g/mol. The third-order valence-electron chi connectivity index (χ3n) is 2.47. The lowest BCUT2D eigenvalue weighted by atomic mass is 10.1. The highest BCUT2D eigenvalue weighted by atomic mass is 19.1. The molecular formula is C13H9F2N3O. The molecule has 19 heavy (non-hydrogen) atoms. The zero-order valence-electron chi connectivity index (χ0n) is 10.2. The van der Waals surface area contributed by atoms with E-state index in [4.69, 9.17) is 5.26 Å². The number of benzene rings is 1. The Morgan fingerprint density at radius 1 is 1.16 bits per heavy atom. The Bertz CT molecular complexity index is 680. The van der Waals surface area contributed by atoms with Crippen molar-refractivity contribution in [1.29, 1.82) is 5.26 Å². The third kappa shape index (κ3) is 2.50. The zero-order valence-corrected chi connectivity index (χ0v) is 10.2. The van der Waals surface area contributed by atoms with Crippen LogP contribution in [0.4, 0.5) is 8.78 Å². The molecule has 1 heterocycles. The van der Waals surface area contributed by atoms with Crippen LogP contribution in [0.25, 0.3) is 11.3 Å². The summed E-state index contributed by atoms with van der Waals surface area (Å²) >= 11 is 0. The van der Waals surface area contributed by atoms with E-state index < -0.39 is 11.6 Å². The van der Waals surface area contributed by atoms with Gasteiger partial charge >= 0.3 is 0 Å². The number of hydrogen-bond donors (Lipinski definition) is 0. The molecule has 0 amide bonds. The fraction of sp³-hybridized carbons (Fsp3) is 0.154. The van der Waals surface area contributed by atoms with Gasteiger partial charge in [0.15, 0.2) is 11.6 Å². The minimum atomic E-state index is -0.700. The predicted molar refractivity (Wildman–Crippen MR) is 63.4 cm³/mol. The van der Waals surface area contributed by atoms with Crippen LogP contribution in [-0.4, -0.2) is 17.1 Å². The summed E-state index contributed by atoms with van der Waals surface area (Å²) in [5.74, 6) is -1.66. The normalized spacial score (nSPS) is 10.1. The van der Waals surface area contributed by atoms with E-state index >= 15 is 0 Å². The summed E-state index contributed by atoms with van der Waals surface area (Å²) in [4.78, 5) is 7.71. The lowest BCUT2D eigenvalue weighted by molar-refractivity contribution is 0.383. The van der Waals surface area contributed by atoms with Gasteiger partial charge in [-0.2, -0.15) is 5.26 Å². The smallest absolute Gasteiger partial charge is 0.232 e. The molecule has 1 aromatic carbocycles. The second-order valence-electron chi connectivity index (χ2n) is 3.80. The molecule has 6 heteroatoms. The molecule has 96 valence electrons. The lowest BCUT2D eigenvalue weighted by Crippen LogP contribution is -1.98. The van der Waals surface area contributed by atoms with Gasteiger partial charge in [0.2, 0.25) is 5.82 Å². The second kappa shape index (κ2) is 4.98. The molecule has 0 aliphatic carbocycles. The highest BCUT2D eigenvalue weighted by molar-refractivity contribution is 5.62. The molecule has 1 aromatic heterocycles. The van der Waals surface area contributed by atoms with E-state index in [0.29, 0.717) is 5.69 Å². The maximum Gasteiger partial charge on any atom is 0.232 e. The number of nitriles is 1. The van der Waals surface area contributed by atoms with Crippen molar-refractivity contribution < 1.29 is 13.5 Å². The third-order valence-corrected chi connectivity index (χ3v) is 2.47. The Morgan fingerprint density at radius 2 is 1.89 bits per heavy atom. The quantitative estimate of drug-likeness (QED) is 0.833. The molecular weight excluding hydrogens is 252 g/mol. The number of rotatable bonds is 2. The Hall–Kier alpha value is -2.55. The van der Waals surface area contributed by atoms with Gasteiger partial charge in [-0.25, -0.2) is 18.7 Å². The summed E-state index contributed by atoms with van der Waals surface area (Å²) in [6.45, 7) is 1.64. The van der Waals surface area contributed by atoms with Gasteiger partial charge in [0.25, 0.3) is 0 Å². The van der Waals surface area contributed by atoms with Crippen molar-refractivity contribution in [3.05, 3.63) is 41.4 Å². The molecule has 0 bridgehead atoms. The Balaban J connectivity index is 2.62. The first-order valence-corrected chi connectivity index (χ1v) is 5.34. The number of methoxy groups -OCH3 is 1. The van der Waals surface area contributed by atoms with Gasteiger partial charge in [-0.1, -0.05) is 0 Å². The first-order chi connectivity index (χ1) is 9.05. The van der Waals surface area contributed by atoms with Crippen LogP contribution < -0.4 is 4.74 Å². The molecule has 0 atom stereocenters. The molecule has 0 N–H and O–H groups in total. The Kier molecular flexibility index (Phi) is 3.38. The molecule has 2 rings (SSSR count). The first-order valence-electron chi connectivity index (χ1n) is 5.34. The van der Waals surface area contributed by atoms with Gasteiger partial charge < -0.3 is 4.74 Å². The summed E-state index contributed by atoms with van der Waals surface area (Å²) in [6.07, 6.45) is 0. The van der Waals surface area contributed by atoms with E-state index in [0.717, 1.165) is 12.1 Å². The van der Waals surface area contributed by atoms with E-state index in [9.17, 15) is 8.78 Å². The molecule has 0 spiro atoms. The van der Waals surface area contributed by atoms with Gasteiger partial charge in [-0.3, -0.25) is 0 Å². The van der Waals surface area contributed by atoms with Crippen LogP contribution in [0.5, 0.6) is 5.75 Å². The van der Waals surface area contributed by atoms with Gasteiger partial charge in [-0.15, -0.1) is 0 Å². The molecule has 0 radical (unpaired) electrons. The van der Waals surface area contributed by atoms with E-state index in [-0.39, 0.29) is 22.8 Å². The van der Waals surface area contributed by atoms with Crippen LogP contribution >= 0.6 is 0 Å². The number of halogens is 2. The summed E-state index contributed by atoms with van der Waals surface area (Å²) in [7, 11) is 1.25. The van der Waals surface area contributed by atoms with Crippen molar-refractivity contribution >= 4 is 0 Å². The van der Waals surface area contributed by atoms with Crippen molar-refractivity contribution in [2.24, 2.45) is 0 Å². The molecule has 0 saturated carbocycles. The van der Waals surface area contributed by atoms with E-state index in [1.54, 1.807) is 13.0 Å². The fourth-order valence-corrected chi connectivity index (χ4v) is 1.64. The van der Waals surface area contributed by atoms with Crippen LogP contribution in [0.3, 0.4) is 0 Å². The topological polar surface area (TPSA) is 58.8 Å². The average Bonchev–Trinajstić information content (AvgIpc) is 2.40. The SMILES string of the molecule is COc1cc(F)c(-c2cc(C)nc(C#N)n2)cc1F. The Labute approximate surface area is 108 Å².